The number of rotatable bonds is 4. The second-order valence-corrected chi connectivity index (χ2v) is 9.18. The molecule has 5 nitrogen and oxygen atoms in total. The van der Waals surface area contributed by atoms with Gasteiger partial charge in [-0.25, -0.2) is 0 Å². The van der Waals surface area contributed by atoms with E-state index in [1.165, 1.54) is 11.8 Å². The molecule has 1 amide bonds. The van der Waals surface area contributed by atoms with Gasteiger partial charge in [-0.2, -0.15) is 0 Å². The van der Waals surface area contributed by atoms with Crippen LogP contribution in [0.25, 0.3) is 17.1 Å². The Kier molecular flexibility index (Phi) is 6.96. The number of carbonyl (C=O) groups is 1. The Morgan fingerprint density at radius 3 is 2.96 bits per heavy atom. The Morgan fingerprint density at radius 1 is 1.28 bits per heavy atom. The number of aromatic amines is 1. The van der Waals surface area contributed by atoms with E-state index in [-0.39, 0.29) is 30.7 Å². The molecule has 25 heavy (non-hydrogen) atoms. The Bertz CT molecular complexity index is 938. The number of furan rings is 1. The van der Waals surface area contributed by atoms with Crippen LogP contribution in [0.5, 0.6) is 0 Å². The number of hydrogen-bond donors (Lipinski definition) is 1. The van der Waals surface area contributed by atoms with Crippen LogP contribution < -0.4 is 0 Å². The van der Waals surface area contributed by atoms with Crippen LogP contribution in [0.3, 0.4) is 0 Å². The van der Waals surface area contributed by atoms with Gasteiger partial charge in [0.25, 0.3) is 0 Å². The summed E-state index contributed by atoms with van der Waals surface area (Å²) in [6.07, 6.45) is 7.18. The first-order valence-corrected chi connectivity index (χ1v) is 10.4. The average molecular weight is 458 g/mol. The Balaban J connectivity index is 0.00000113. The van der Waals surface area contributed by atoms with Gasteiger partial charge in [-0.15, -0.1) is 24.8 Å². The van der Waals surface area contributed by atoms with Gasteiger partial charge in [-0.05, 0) is 0 Å². The van der Waals surface area contributed by atoms with E-state index in [0.29, 0.717) is 4.91 Å². The zero-order chi connectivity index (χ0) is 15.6. The number of H-pyrrole nitrogens is 1. The first kappa shape index (κ1) is 19.9. The van der Waals surface area contributed by atoms with Gasteiger partial charge in [0.1, 0.15) is 0 Å². The topological polar surface area (TPSA) is 71.2 Å². The van der Waals surface area contributed by atoms with Gasteiger partial charge >= 0.3 is 143 Å². The summed E-state index contributed by atoms with van der Waals surface area (Å²) >= 11 is 0.997. The average Bonchev–Trinajstić information content (AvgIpc) is 3.28. The van der Waals surface area contributed by atoms with Gasteiger partial charge in [-0.3, -0.25) is 0 Å². The molecule has 0 bridgehead atoms. The van der Waals surface area contributed by atoms with Crippen molar-refractivity contribution in [2.45, 2.75) is 5.21 Å². The molecule has 0 fully saturated rings. The molecular formula is C16H14AsCl2N3O2S. The monoisotopic (exact) mass is 457 g/mol. The summed E-state index contributed by atoms with van der Waals surface area (Å²) < 4.78 is 6.29. The zero-order valence-electron chi connectivity index (χ0n) is 12.8. The fourth-order valence-electron chi connectivity index (χ4n) is 2.30. The van der Waals surface area contributed by atoms with Gasteiger partial charge in [0.05, 0.1) is 0 Å². The molecule has 0 aromatic carbocycles. The molecule has 130 valence electrons. The third-order valence-electron chi connectivity index (χ3n) is 3.38. The van der Waals surface area contributed by atoms with E-state index in [1.807, 2.05) is 36.5 Å². The molecule has 4 rings (SSSR count). The van der Waals surface area contributed by atoms with E-state index in [4.69, 9.17) is 4.42 Å². The van der Waals surface area contributed by atoms with Crippen molar-refractivity contribution >= 4 is 79.2 Å². The molecule has 0 spiro atoms. The molecule has 3 aromatic heterocycles. The molecule has 1 aliphatic heterocycles. The molecular weight excluding hydrogens is 444 g/mol. The normalized spacial score (nSPS) is 15.6. The van der Waals surface area contributed by atoms with Gasteiger partial charge < -0.3 is 0 Å². The van der Waals surface area contributed by atoms with E-state index in [1.54, 1.807) is 12.5 Å². The number of amides is 1. The van der Waals surface area contributed by atoms with Crippen molar-refractivity contribution in [2.75, 3.05) is 0 Å². The number of nitrogens with zero attached hydrogens (tertiary/aromatic N) is 2. The molecule has 0 saturated carbocycles. The molecule has 3 aromatic rings. The number of carbonyl (C=O) groups excluding carboxylic acids is 1. The fraction of sp³-hybridized carbons (Fsp3) is 0.0625. The minimum atomic E-state index is -0.492. The Morgan fingerprint density at radius 2 is 2.16 bits per heavy atom. The van der Waals surface area contributed by atoms with E-state index in [0.717, 1.165) is 31.4 Å². The first-order valence-electron chi connectivity index (χ1n) is 7.00. The molecule has 0 radical (unpaired) electrons. The van der Waals surface area contributed by atoms with Crippen LogP contribution in [-0.4, -0.2) is 35.5 Å². The molecule has 0 aliphatic carbocycles. The van der Waals surface area contributed by atoms with Gasteiger partial charge in [0.2, 0.25) is 0 Å². The van der Waals surface area contributed by atoms with Crippen LogP contribution in [0, 0.1) is 0 Å². The molecule has 4 heterocycles. The molecule has 1 unspecified atom stereocenters. The van der Waals surface area contributed by atoms with Gasteiger partial charge in [0, 0.05) is 0 Å². The Labute approximate surface area is 167 Å². The van der Waals surface area contributed by atoms with Gasteiger partial charge in [-0.1, -0.05) is 0 Å². The van der Waals surface area contributed by atoms with Crippen molar-refractivity contribution in [3.05, 3.63) is 59.2 Å². The predicted molar refractivity (Wildman–Crippen MR) is 108 cm³/mol. The predicted octanol–water partition coefficient (Wildman–Crippen LogP) is 3.61. The third kappa shape index (κ3) is 4.39. The van der Waals surface area contributed by atoms with Gasteiger partial charge in [0.15, 0.2) is 0 Å². The van der Waals surface area contributed by atoms with Crippen LogP contribution in [0.1, 0.15) is 11.3 Å². The van der Waals surface area contributed by atoms with Crippen molar-refractivity contribution in [1.29, 1.82) is 0 Å². The second kappa shape index (κ2) is 8.76. The van der Waals surface area contributed by atoms with Crippen LogP contribution in [-0.2, 0) is 10.0 Å². The number of thioether (sulfide) groups is 1. The molecule has 1 atom stereocenters. The SMILES string of the molecule is Cl.Cl.O=C1N=C([AsH]Cc2ccco2)S/C1=C\c1c[nH]c2ncccc12. The maximum absolute atomic E-state index is 12.1. The third-order valence-corrected chi connectivity index (χ3v) is 7.54. The van der Waals surface area contributed by atoms with Crippen molar-refractivity contribution in [2.24, 2.45) is 4.99 Å². The van der Waals surface area contributed by atoms with E-state index in [2.05, 4.69) is 15.0 Å². The fourth-order valence-corrected chi connectivity index (χ4v) is 6.03. The van der Waals surface area contributed by atoms with Crippen LogP contribution in [0.15, 0.2) is 57.2 Å². The number of halogens is 2. The first-order chi connectivity index (χ1) is 11.3. The summed E-state index contributed by atoms with van der Waals surface area (Å²) in [4.78, 5) is 24.3. The maximum atomic E-state index is 12.1. The number of hydrogen-bond acceptors (Lipinski definition) is 4. The molecule has 9 heteroatoms. The van der Waals surface area contributed by atoms with Crippen molar-refractivity contribution < 1.29 is 9.21 Å². The summed E-state index contributed by atoms with van der Waals surface area (Å²) in [6.45, 7) is 0. The quantitative estimate of drug-likeness (QED) is 0.479. The van der Waals surface area contributed by atoms with E-state index < -0.39 is 15.8 Å². The summed E-state index contributed by atoms with van der Waals surface area (Å²) in [6, 6.07) is 7.72. The van der Waals surface area contributed by atoms with Crippen LogP contribution >= 0.6 is 36.6 Å². The minimum absolute atomic E-state index is 0. The number of fused-ring (bicyclic) bond motifs is 1. The van der Waals surface area contributed by atoms with E-state index in [9.17, 15) is 4.79 Å². The van der Waals surface area contributed by atoms with Crippen LogP contribution in [0.4, 0.5) is 0 Å². The second-order valence-electron chi connectivity index (χ2n) is 4.91. The summed E-state index contributed by atoms with van der Waals surface area (Å²) in [5.74, 6) is 0.812. The number of nitrogens with one attached hydrogen (secondary N) is 1. The number of aromatic nitrogens is 2. The number of aliphatic imine (C=N–C) groups is 1. The molecule has 1 N–H and O–H groups in total. The Hall–Kier alpha value is -1.46. The van der Waals surface area contributed by atoms with E-state index >= 15 is 0 Å². The number of pyridine rings is 1. The molecule has 1 aliphatic rings. The zero-order valence-corrected chi connectivity index (χ0v) is 17.3. The van der Waals surface area contributed by atoms with Crippen LogP contribution in [0.2, 0.25) is 0 Å². The summed E-state index contributed by atoms with van der Waals surface area (Å²) in [7, 11) is 0. The van der Waals surface area contributed by atoms with Crippen molar-refractivity contribution in [3.8, 4) is 0 Å². The van der Waals surface area contributed by atoms with Crippen molar-refractivity contribution in [3.63, 3.8) is 0 Å². The summed E-state index contributed by atoms with van der Waals surface area (Å²) in [5, 5.41) is 1.88. The standard InChI is InChI=1S/C16H12AsN3O2S.2ClH/c21-15-13(7-10-9-19-14-12(10)4-1-5-18-14)23-16(20-15)17-8-11-3-2-6-22-11;;/h1-7,9,17H,8H2,(H,18,19);2*1H/b13-7-;;. The summed E-state index contributed by atoms with van der Waals surface area (Å²) in [5.41, 5.74) is 1.79. The van der Waals surface area contributed by atoms with Crippen molar-refractivity contribution in [1.82, 2.24) is 9.97 Å². The molecule has 0 saturated heterocycles.